The second kappa shape index (κ2) is 5.11. The number of amides is 1. The van der Waals surface area contributed by atoms with Crippen molar-refractivity contribution in [1.82, 2.24) is 14.9 Å². The van der Waals surface area contributed by atoms with E-state index in [0.717, 1.165) is 18.7 Å². The van der Waals surface area contributed by atoms with E-state index in [1.54, 1.807) is 11.1 Å². The molecule has 1 aromatic heterocycles. The maximum Gasteiger partial charge on any atom is 0.410 e. The summed E-state index contributed by atoms with van der Waals surface area (Å²) in [5, 5.41) is 0. The standard InChI is InChI=1S/C13H22N4O2/c1-13(2,3)19-12(18)17-6-4-9(5-7-17)11-15-8-10(14)16-11/h8-9H,4-7,14H2,1-3H3,(H,15,16). The van der Waals surface area contributed by atoms with Crippen molar-refractivity contribution in [1.29, 1.82) is 0 Å². The van der Waals surface area contributed by atoms with Crippen LogP contribution in [0.4, 0.5) is 10.6 Å². The molecule has 2 heterocycles. The number of likely N-dealkylation sites (tertiary alicyclic amines) is 1. The van der Waals surface area contributed by atoms with Gasteiger partial charge in [-0.15, -0.1) is 0 Å². The largest absolute Gasteiger partial charge is 0.444 e. The van der Waals surface area contributed by atoms with Crippen LogP contribution in [-0.2, 0) is 4.74 Å². The van der Waals surface area contributed by atoms with E-state index in [1.165, 1.54) is 0 Å². The summed E-state index contributed by atoms with van der Waals surface area (Å²) in [6.07, 6.45) is 3.17. The Morgan fingerprint density at radius 1 is 1.47 bits per heavy atom. The van der Waals surface area contributed by atoms with E-state index in [1.807, 2.05) is 20.8 Å². The molecule has 0 atom stereocenters. The molecule has 0 aliphatic carbocycles. The average Bonchev–Trinajstić information content (AvgIpc) is 2.74. The van der Waals surface area contributed by atoms with E-state index in [0.29, 0.717) is 24.8 Å². The highest BCUT2D eigenvalue weighted by Gasteiger charge is 2.28. The second-order valence-electron chi connectivity index (χ2n) is 5.97. The van der Waals surface area contributed by atoms with Gasteiger partial charge in [0.05, 0.1) is 6.20 Å². The van der Waals surface area contributed by atoms with Gasteiger partial charge in [-0.25, -0.2) is 9.78 Å². The molecule has 106 valence electrons. The zero-order valence-corrected chi connectivity index (χ0v) is 11.8. The molecule has 2 rings (SSSR count). The number of nitrogens with one attached hydrogen (secondary N) is 1. The van der Waals surface area contributed by atoms with Crippen molar-refractivity contribution in [3.8, 4) is 0 Å². The van der Waals surface area contributed by atoms with Crippen molar-refractivity contribution in [3.05, 3.63) is 12.0 Å². The smallest absolute Gasteiger partial charge is 0.410 e. The summed E-state index contributed by atoms with van der Waals surface area (Å²) in [6, 6.07) is 0. The van der Waals surface area contributed by atoms with Gasteiger partial charge in [0, 0.05) is 19.0 Å². The number of imidazole rings is 1. The highest BCUT2D eigenvalue weighted by atomic mass is 16.6. The molecule has 3 N–H and O–H groups in total. The van der Waals surface area contributed by atoms with Gasteiger partial charge in [-0.2, -0.15) is 0 Å². The molecule has 6 nitrogen and oxygen atoms in total. The molecule has 0 aromatic carbocycles. The van der Waals surface area contributed by atoms with Crippen LogP contribution in [0.3, 0.4) is 0 Å². The Morgan fingerprint density at radius 2 is 2.11 bits per heavy atom. The SMILES string of the molecule is CC(C)(C)OC(=O)N1CCC(c2ncc(N)[nH]2)CC1. The molecule has 0 saturated carbocycles. The third-order valence-electron chi connectivity index (χ3n) is 3.15. The van der Waals surface area contributed by atoms with Gasteiger partial charge in [0.25, 0.3) is 0 Å². The molecule has 1 aromatic rings. The number of hydrogen-bond acceptors (Lipinski definition) is 4. The molecule has 6 heteroatoms. The number of H-pyrrole nitrogens is 1. The molecule has 0 bridgehead atoms. The number of piperidine rings is 1. The van der Waals surface area contributed by atoms with Crippen LogP contribution in [0.15, 0.2) is 6.20 Å². The fourth-order valence-corrected chi connectivity index (χ4v) is 2.22. The summed E-state index contributed by atoms with van der Waals surface area (Å²) in [6.45, 7) is 7.02. The lowest BCUT2D eigenvalue weighted by molar-refractivity contribution is 0.0203. The van der Waals surface area contributed by atoms with Crippen LogP contribution in [0.2, 0.25) is 0 Å². The number of hydrogen-bond donors (Lipinski definition) is 2. The van der Waals surface area contributed by atoms with Crippen LogP contribution in [0.5, 0.6) is 0 Å². The predicted octanol–water partition coefficient (Wildman–Crippen LogP) is 2.11. The highest BCUT2D eigenvalue weighted by Crippen LogP contribution is 2.27. The van der Waals surface area contributed by atoms with Crippen molar-refractivity contribution in [2.75, 3.05) is 18.8 Å². The van der Waals surface area contributed by atoms with Crippen molar-refractivity contribution >= 4 is 11.9 Å². The van der Waals surface area contributed by atoms with E-state index in [-0.39, 0.29) is 6.09 Å². The maximum absolute atomic E-state index is 11.9. The number of rotatable bonds is 1. The molecule has 1 aliphatic rings. The molecular formula is C13H22N4O2. The Balaban J connectivity index is 1.87. The lowest BCUT2D eigenvalue weighted by Gasteiger charge is -2.32. The van der Waals surface area contributed by atoms with Crippen LogP contribution in [0.25, 0.3) is 0 Å². The maximum atomic E-state index is 11.9. The Labute approximate surface area is 113 Å². The Morgan fingerprint density at radius 3 is 2.58 bits per heavy atom. The summed E-state index contributed by atoms with van der Waals surface area (Å²) < 4.78 is 5.37. The van der Waals surface area contributed by atoms with Gasteiger partial charge in [0.2, 0.25) is 0 Å². The molecule has 0 unspecified atom stereocenters. The molecule has 1 aliphatic heterocycles. The van der Waals surface area contributed by atoms with Gasteiger partial charge < -0.3 is 20.4 Å². The van der Waals surface area contributed by atoms with Crippen molar-refractivity contribution in [2.45, 2.75) is 45.1 Å². The van der Waals surface area contributed by atoms with Crippen LogP contribution in [0, 0.1) is 0 Å². The first-order valence-electron chi connectivity index (χ1n) is 6.63. The lowest BCUT2D eigenvalue weighted by Crippen LogP contribution is -2.41. The molecule has 0 radical (unpaired) electrons. The van der Waals surface area contributed by atoms with E-state index >= 15 is 0 Å². The van der Waals surface area contributed by atoms with Crippen LogP contribution < -0.4 is 5.73 Å². The number of nitrogens with zero attached hydrogens (tertiary/aromatic N) is 2. The normalized spacial score (nSPS) is 17.5. The topological polar surface area (TPSA) is 84.2 Å². The Bertz CT molecular complexity index is 442. The van der Waals surface area contributed by atoms with Gasteiger partial charge in [0.1, 0.15) is 17.2 Å². The zero-order chi connectivity index (χ0) is 14.0. The number of carbonyl (C=O) groups is 1. The number of carbonyl (C=O) groups excluding carboxylic acids is 1. The van der Waals surface area contributed by atoms with Gasteiger partial charge in [-0.1, -0.05) is 0 Å². The summed E-state index contributed by atoms with van der Waals surface area (Å²) >= 11 is 0. The lowest BCUT2D eigenvalue weighted by atomic mass is 9.96. The number of anilines is 1. The molecular weight excluding hydrogens is 244 g/mol. The molecule has 1 fully saturated rings. The predicted molar refractivity (Wildman–Crippen MR) is 72.8 cm³/mol. The number of nitrogens with two attached hydrogens (primary N) is 1. The van der Waals surface area contributed by atoms with Crippen molar-refractivity contribution < 1.29 is 9.53 Å². The number of ether oxygens (including phenoxy) is 1. The molecule has 19 heavy (non-hydrogen) atoms. The van der Waals surface area contributed by atoms with Crippen LogP contribution in [-0.4, -0.2) is 39.7 Å². The monoisotopic (exact) mass is 266 g/mol. The van der Waals surface area contributed by atoms with Crippen molar-refractivity contribution in [3.63, 3.8) is 0 Å². The van der Waals surface area contributed by atoms with E-state index in [4.69, 9.17) is 10.5 Å². The van der Waals surface area contributed by atoms with Gasteiger partial charge >= 0.3 is 6.09 Å². The van der Waals surface area contributed by atoms with Crippen LogP contribution >= 0.6 is 0 Å². The average molecular weight is 266 g/mol. The minimum atomic E-state index is -0.441. The fraction of sp³-hybridized carbons (Fsp3) is 0.692. The first-order valence-corrected chi connectivity index (χ1v) is 6.63. The number of aromatic nitrogens is 2. The third-order valence-corrected chi connectivity index (χ3v) is 3.15. The van der Waals surface area contributed by atoms with E-state index < -0.39 is 5.60 Å². The summed E-state index contributed by atoms with van der Waals surface area (Å²) in [4.78, 5) is 21.0. The minimum Gasteiger partial charge on any atom is -0.444 e. The van der Waals surface area contributed by atoms with E-state index in [2.05, 4.69) is 9.97 Å². The Hall–Kier alpha value is -1.72. The highest BCUT2D eigenvalue weighted by molar-refractivity contribution is 5.68. The molecule has 1 saturated heterocycles. The van der Waals surface area contributed by atoms with Crippen LogP contribution in [0.1, 0.15) is 45.4 Å². The van der Waals surface area contributed by atoms with Crippen molar-refractivity contribution in [2.24, 2.45) is 0 Å². The molecule has 0 spiro atoms. The van der Waals surface area contributed by atoms with Gasteiger partial charge in [0.15, 0.2) is 0 Å². The summed E-state index contributed by atoms with van der Waals surface area (Å²) in [7, 11) is 0. The second-order valence-corrected chi connectivity index (χ2v) is 5.97. The van der Waals surface area contributed by atoms with E-state index in [9.17, 15) is 4.79 Å². The minimum absolute atomic E-state index is 0.232. The first-order chi connectivity index (χ1) is 8.85. The fourth-order valence-electron chi connectivity index (χ4n) is 2.22. The quantitative estimate of drug-likeness (QED) is 0.815. The summed E-state index contributed by atoms with van der Waals surface area (Å²) in [5.74, 6) is 1.85. The summed E-state index contributed by atoms with van der Waals surface area (Å²) in [5.41, 5.74) is 5.19. The number of nitrogen functional groups attached to an aromatic ring is 1. The first kappa shape index (κ1) is 13.7. The Kier molecular flexibility index (Phi) is 3.68. The van der Waals surface area contributed by atoms with Gasteiger partial charge in [-0.3, -0.25) is 0 Å². The zero-order valence-electron chi connectivity index (χ0n) is 11.8. The molecule has 1 amide bonds. The third kappa shape index (κ3) is 3.62. The number of aromatic amines is 1. The van der Waals surface area contributed by atoms with Gasteiger partial charge in [-0.05, 0) is 33.6 Å².